The third-order valence-corrected chi connectivity index (χ3v) is 3.13. The zero-order valence-electron chi connectivity index (χ0n) is 11.9. The zero-order valence-corrected chi connectivity index (χ0v) is 11.9. The van der Waals surface area contributed by atoms with Gasteiger partial charge >= 0.3 is 0 Å². The molecule has 2 rings (SSSR count). The molecule has 0 N–H and O–H groups in total. The van der Waals surface area contributed by atoms with E-state index < -0.39 is 0 Å². The lowest BCUT2D eigenvalue weighted by molar-refractivity contribution is 0.355. The van der Waals surface area contributed by atoms with Crippen molar-refractivity contribution in [2.45, 2.75) is 19.8 Å². The first-order valence-corrected chi connectivity index (χ1v) is 6.12. The van der Waals surface area contributed by atoms with Crippen LogP contribution in [0.2, 0.25) is 0 Å². The fourth-order valence-electron chi connectivity index (χ4n) is 2.13. The van der Waals surface area contributed by atoms with E-state index in [0.29, 0.717) is 16.9 Å². The number of fused-ring (bicyclic) bond motifs is 1. The maximum Gasteiger partial charge on any atom is 0.274 e. The number of rotatable bonds is 3. The summed E-state index contributed by atoms with van der Waals surface area (Å²) < 4.78 is 11.9. The Morgan fingerprint density at radius 2 is 1.63 bits per heavy atom. The van der Waals surface area contributed by atoms with Gasteiger partial charge in [-0.25, -0.2) is 4.68 Å². The van der Waals surface area contributed by atoms with Crippen LogP contribution in [0, 0.1) is 0 Å². The van der Waals surface area contributed by atoms with Crippen molar-refractivity contribution in [3.8, 4) is 11.5 Å². The summed E-state index contributed by atoms with van der Waals surface area (Å²) >= 11 is 0. The van der Waals surface area contributed by atoms with Gasteiger partial charge in [-0.05, 0) is 18.1 Å². The number of hydrogen-bond acceptors (Lipinski definition) is 4. The SMILES string of the molecule is COc1cc2c(C(C)C)nn(C)c(=O)c2cc1OC. The largest absolute Gasteiger partial charge is 0.493 e. The van der Waals surface area contributed by atoms with Gasteiger partial charge in [0, 0.05) is 12.4 Å². The standard InChI is InChI=1S/C14H18N2O3/c1-8(2)13-9-6-11(18-4)12(19-5)7-10(9)14(17)16(3)15-13/h6-8H,1-5H3. The van der Waals surface area contributed by atoms with E-state index in [-0.39, 0.29) is 11.5 Å². The molecular weight excluding hydrogens is 244 g/mol. The fraction of sp³-hybridized carbons (Fsp3) is 0.429. The van der Waals surface area contributed by atoms with Crippen LogP contribution in [0.1, 0.15) is 25.5 Å². The van der Waals surface area contributed by atoms with Gasteiger partial charge in [-0.1, -0.05) is 13.8 Å². The van der Waals surface area contributed by atoms with Crippen LogP contribution >= 0.6 is 0 Å². The molecule has 19 heavy (non-hydrogen) atoms. The number of nitrogens with zero attached hydrogens (tertiary/aromatic N) is 2. The zero-order chi connectivity index (χ0) is 14.2. The Morgan fingerprint density at radius 1 is 1.11 bits per heavy atom. The van der Waals surface area contributed by atoms with Crippen molar-refractivity contribution in [3.05, 3.63) is 28.2 Å². The first-order chi connectivity index (χ1) is 8.99. The van der Waals surface area contributed by atoms with Crippen LogP contribution in [0.15, 0.2) is 16.9 Å². The number of benzene rings is 1. The molecule has 0 saturated heterocycles. The van der Waals surface area contributed by atoms with E-state index in [1.165, 1.54) is 4.68 Å². The van der Waals surface area contributed by atoms with Crippen LogP contribution in [0.3, 0.4) is 0 Å². The molecule has 1 aromatic heterocycles. The Morgan fingerprint density at radius 3 is 2.11 bits per heavy atom. The number of aromatic nitrogens is 2. The first kappa shape index (κ1) is 13.4. The molecular formula is C14H18N2O3. The van der Waals surface area contributed by atoms with E-state index in [1.54, 1.807) is 27.3 Å². The quantitative estimate of drug-likeness (QED) is 0.849. The molecule has 0 aliphatic carbocycles. The summed E-state index contributed by atoms with van der Waals surface area (Å²) in [6, 6.07) is 3.53. The van der Waals surface area contributed by atoms with E-state index in [0.717, 1.165) is 11.1 Å². The molecule has 2 aromatic rings. The molecule has 0 aliphatic heterocycles. The maximum absolute atomic E-state index is 12.2. The van der Waals surface area contributed by atoms with Gasteiger partial charge in [0.2, 0.25) is 0 Å². The number of hydrogen-bond donors (Lipinski definition) is 0. The summed E-state index contributed by atoms with van der Waals surface area (Å²) in [5.41, 5.74) is 0.735. The third kappa shape index (κ3) is 2.16. The van der Waals surface area contributed by atoms with Crippen LogP contribution in [-0.4, -0.2) is 24.0 Å². The van der Waals surface area contributed by atoms with Gasteiger partial charge in [0.25, 0.3) is 5.56 Å². The molecule has 5 nitrogen and oxygen atoms in total. The summed E-state index contributed by atoms with van der Waals surface area (Å²) in [6.45, 7) is 4.09. The van der Waals surface area contributed by atoms with Gasteiger partial charge in [-0.15, -0.1) is 0 Å². The highest BCUT2D eigenvalue weighted by Crippen LogP contribution is 2.33. The number of ether oxygens (including phenoxy) is 2. The minimum Gasteiger partial charge on any atom is -0.493 e. The van der Waals surface area contributed by atoms with Crippen molar-refractivity contribution in [3.63, 3.8) is 0 Å². The maximum atomic E-state index is 12.2. The second-order valence-electron chi connectivity index (χ2n) is 4.72. The normalized spacial score (nSPS) is 11.1. The Bertz CT molecular complexity index is 674. The molecule has 0 unspecified atom stereocenters. The van der Waals surface area contributed by atoms with Crippen molar-refractivity contribution in [2.75, 3.05) is 14.2 Å². The average Bonchev–Trinajstić information content (AvgIpc) is 2.41. The molecule has 0 spiro atoms. The van der Waals surface area contributed by atoms with Crippen molar-refractivity contribution >= 4 is 10.8 Å². The molecule has 0 radical (unpaired) electrons. The van der Waals surface area contributed by atoms with Crippen molar-refractivity contribution in [1.29, 1.82) is 0 Å². The van der Waals surface area contributed by atoms with Gasteiger partial charge in [0.05, 0.1) is 25.3 Å². The van der Waals surface area contributed by atoms with Crippen LogP contribution < -0.4 is 15.0 Å². The summed E-state index contributed by atoms with van der Waals surface area (Å²) in [6.07, 6.45) is 0. The predicted molar refractivity (Wildman–Crippen MR) is 74.2 cm³/mol. The van der Waals surface area contributed by atoms with Gasteiger partial charge in [0.1, 0.15) is 0 Å². The molecule has 0 aliphatic rings. The first-order valence-electron chi connectivity index (χ1n) is 6.12. The molecule has 0 atom stereocenters. The lowest BCUT2D eigenvalue weighted by Gasteiger charge is -2.14. The Labute approximate surface area is 111 Å². The lowest BCUT2D eigenvalue weighted by Crippen LogP contribution is -2.22. The molecule has 0 fully saturated rings. The molecule has 102 valence electrons. The minimum absolute atomic E-state index is 0.139. The van der Waals surface area contributed by atoms with E-state index in [2.05, 4.69) is 5.10 Å². The Balaban J connectivity index is 2.93. The molecule has 1 heterocycles. The van der Waals surface area contributed by atoms with Gasteiger partial charge in [-0.2, -0.15) is 5.10 Å². The van der Waals surface area contributed by atoms with E-state index in [9.17, 15) is 4.79 Å². The monoisotopic (exact) mass is 262 g/mol. The van der Waals surface area contributed by atoms with Gasteiger partial charge < -0.3 is 9.47 Å². The summed E-state index contributed by atoms with van der Waals surface area (Å²) in [4.78, 5) is 12.2. The average molecular weight is 262 g/mol. The Hall–Kier alpha value is -2.04. The summed E-state index contributed by atoms with van der Waals surface area (Å²) in [5.74, 6) is 1.37. The molecule has 0 bridgehead atoms. The van der Waals surface area contributed by atoms with Crippen LogP contribution in [-0.2, 0) is 7.05 Å². The highest BCUT2D eigenvalue weighted by atomic mass is 16.5. The fourth-order valence-corrected chi connectivity index (χ4v) is 2.13. The topological polar surface area (TPSA) is 53.4 Å². The van der Waals surface area contributed by atoms with Crippen molar-refractivity contribution in [2.24, 2.45) is 7.05 Å². The predicted octanol–water partition coefficient (Wildman–Crippen LogP) is 2.07. The van der Waals surface area contributed by atoms with Crippen molar-refractivity contribution in [1.82, 2.24) is 9.78 Å². The van der Waals surface area contributed by atoms with E-state index in [1.807, 2.05) is 19.9 Å². The second-order valence-corrected chi connectivity index (χ2v) is 4.72. The highest BCUT2D eigenvalue weighted by Gasteiger charge is 2.15. The molecule has 1 aromatic carbocycles. The number of methoxy groups -OCH3 is 2. The second kappa shape index (κ2) is 4.91. The molecule has 0 amide bonds. The third-order valence-electron chi connectivity index (χ3n) is 3.13. The summed E-state index contributed by atoms with van der Waals surface area (Å²) in [5, 5.41) is 5.75. The van der Waals surface area contributed by atoms with E-state index in [4.69, 9.17) is 9.47 Å². The van der Waals surface area contributed by atoms with E-state index >= 15 is 0 Å². The molecule has 0 saturated carbocycles. The lowest BCUT2D eigenvalue weighted by atomic mass is 10.0. The summed E-state index contributed by atoms with van der Waals surface area (Å²) in [7, 11) is 4.79. The molecule has 5 heteroatoms. The Kier molecular flexibility index (Phi) is 3.46. The van der Waals surface area contributed by atoms with Crippen molar-refractivity contribution < 1.29 is 9.47 Å². The van der Waals surface area contributed by atoms with Crippen LogP contribution in [0.4, 0.5) is 0 Å². The number of aryl methyl sites for hydroxylation is 1. The highest BCUT2D eigenvalue weighted by molar-refractivity contribution is 5.87. The van der Waals surface area contributed by atoms with Gasteiger partial charge in [0.15, 0.2) is 11.5 Å². The van der Waals surface area contributed by atoms with Crippen LogP contribution in [0.5, 0.6) is 11.5 Å². The van der Waals surface area contributed by atoms with Gasteiger partial charge in [-0.3, -0.25) is 4.79 Å². The minimum atomic E-state index is -0.139. The smallest absolute Gasteiger partial charge is 0.274 e. The van der Waals surface area contributed by atoms with Crippen LogP contribution in [0.25, 0.3) is 10.8 Å².